The number of oxime groups is 1. The summed E-state index contributed by atoms with van der Waals surface area (Å²) in [7, 11) is 0. The number of carbonyl (C=O) groups is 4. The van der Waals surface area contributed by atoms with Crippen LogP contribution in [0.2, 0.25) is 0 Å². The van der Waals surface area contributed by atoms with Gasteiger partial charge in [-0.15, -0.1) is 0 Å². The van der Waals surface area contributed by atoms with E-state index in [1.807, 2.05) is 70.3 Å². The van der Waals surface area contributed by atoms with Gasteiger partial charge in [0, 0.05) is 43.7 Å². The lowest BCUT2D eigenvalue weighted by Crippen LogP contribution is -2.62. The minimum absolute atomic E-state index is 0.206. The summed E-state index contributed by atoms with van der Waals surface area (Å²) >= 11 is 0. The lowest BCUT2D eigenvalue weighted by molar-refractivity contribution is -0.143. The highest BCUT2D eigenvalue weighted by molar-refractivity contribution is 5.93. The van der Waals surface area contributed by atoms with Crippen LogP contribution in [0, 0.1) is 11.8 Å². The summed E-state index contributed by atoms with van der Waals surface area (Å²) in [6, 6.07) is 5.36. The summed E-state index contributed by atoms with van der Waals surface area (Å²) in [5.74, 6) is -1.99. The van der Waals surface area contributed by atoms with Gasteiger partial charge < -0.3 is 25.5 Å². The molecule has 2 aromatic rings. The molecular weight excluding hydrogens is 676 g/mol. The number of benzene rings is 1. The van der Waals surface area contributed by atoms with Crippen LogP contribution in [0.3, 0.4) is 0 Å². The number of ether oxygens (including phenoxy) is 1. The molecule has 14 heteroatoms. The van der Waals surface area contributed by atoms with E-state index in [1.54, 1.807) is 6.92 Å². The number of hydrogen-bond donors (Lipinski definition) is 4. The van der Waals surface area contributed by atoms with E-state index >= 15 is 0 Å². The first-order valence-electron chi connectivity index (χ1n) is 19.0. The zero-order valence-electron chi connectivity index (χ0n) is 31.7. The number of nitrogens with one attached hydrogen (secondary N) is 4. The molecular formula is C39H56N8O6. The number of hydrogen-bond acceptors (Lipinski definition) is 10. The number of amides is 4. The van der Waals surface area contributed by atoms with Crippen LogP contribution in [0.1, 0.15) is 84.0 Å². The summed E-state index contributed by atoms with van der Waals surface area (Å²) in [5, 5.41) is 16.6. The number of nitrogens with zero attached hydrogens (tertiary/aromatic N) is 4. The van der Waals surface area contributed by atoms with Gasteiger partial charge in [-0.05, 0) is 88.0 Å². The lowest BCUT2D eigenvalue weighted by atomic mass is 9.94. The van der Waals surface area contributed by atoms with Gasteiger partial charge in [0.25, 0.3) is 5.91 Å². The molecule has 0 radical (unpaired) electrons. The number of aromatic nitrogens is 1. The normalized spacial score (nSPS) is 26.5. The largest absolute Gasteiger partial charge is 0.394 e. The fourth-order valence-electron chi connectivity index (χ4n) is 6.76. The molecule has 288 valence electrons. The van der Waals surface area contributed by atoms with Crippen molar-refractivity contribution in [1.29, 1.82) is 0 Å². The maximum atomic E-state index is 13.9. The first-order chi connectivity index (χ1) is 25.5. The van der Waals surface area contributed by atoms with E-state index in [9.17, 15) is 19.2 Å². The van der Waals surface area contributed by atoms with Crippen molar-refractivity contribution in [2.75, 3.05) is 46.0 Å². The predicted molar refractivity (Wildman–Crippen MR) is 203 cm³/mol. The SMILES string of the molecule is C/C(CC[C@@H]1C/C=C/c2cc3cc(ccc3cn2)[C@@H](C)NC(=O)[C@@H]2CCCN(N2)C(=O)C(C)NC(=O)[C@H](C(C)C)NC1=O)=N/OCCN1CCOCC1. The van der Waals surface area contributed by atoms with Crippen molar-refractivity contribution in [3.63, 3.8) is 0 Å². The lowest BCUT2D eigenvalue weighted by Gasteiger charge is -2.35. The van der Waals surface area contributed by atoms with Crippen LogP contribution >= 0.6 is 0 Å². The van der Waals surface area contributed by atoms with Gasteiger partial charge in [0.2, 0.25) is 17.7 Å². The van der Waals surface area contributed by atoms with Crippen LogP contribution in [-0.2, 0) is 28.8 Å². The van der Waals surface area contributed by atoms with Gasteiger partial charge in [0.1, 0.15) is 24.7 Å². The molecule has 0 aliphatic carbocycles. The summed E-state index contributed by atoms with van der Waals surface area (Å²) in [5.41, 5.74) is 5.53. The molecule has 4 amide bonds. The van der Waals surface area contributed by atoms with E-state index < -0.39 is 30.0 Å². The zero-order chi connectivity index (χ0) is 37.9. The van der Waals surface area contributed by atoms with Gasteiger partial charge in [-0.1, -0.05) is 37.2 Å². The van der Waals surface area contributed by atoms with E-state index in [0.29, 0.717) is 45.3 Å². The predicted octanol–water partition coefficient (Wildman–Crippen LogP) is 3.09. The van der Waals surface area contributed by atoms with Crippen molar-refractivity contribution in [1.82, 2.24) is 36.3 Å². The smallest absolute Gasteiger partial charge is 0.258 e. The highest BCUT2D eigenvalue weighted by atomic mass is 16.6. The molecule has 3 aliphatic heterocycles. The average Bonchev–Trinajstić information content (AvgIpc) is 3.15. The maximum absolute atomic E-state index is 13.9. The van der Waals surface area contributed by atoms with Gasteiger partial charge in [-0.25, -0.2) is 5.43 Å². The Balaban J connectivity index is 1.36. The Bertz CT molecular complexity index is 1660. The quantitative estimate of drug-likeness (QED) is 0.181. The fourth-order valence-corrected chi connectivity index (χ4v) is 6.76. The Morgan fingerprint density at radius 2 is 1.75 bits per heavy atom. The van der Waals surface area contributed by atoms with Crippen molar-refractivity contribution < 1.29 is 28.8 Å². The van der Waals surface area contributed by atoms with Crippen LogP contribution < -0.4 is 21.4 Å². The molecule has 4 N–H and O–H groups in total. The molecule has 4 heterocycles. The Morgan fingerprint density at radius 1 is 0.981 bits per heavy atom. The number of pyridine rings is 1. The molecule has 53 heavy (non-hydrogen) atoms. The average molecular weight is 733 g/mol. The Kier molecular flexibility index (Phi) is 14.3. The minimum atomic E-state index is -0.888. The highest BCUT2D eigenvalue weighted by Gasteiger charge is 2.34. The Hall–Kier alpha value is -4.40. The van der Waals surface area contributed by atoms with Crippen LogP contribution in [0.25, 0.3) is 16.8 Å². The molecule has 0 saturated carbocycles. The first-order valence-corrected chi connectivity index (χ1v) is 19.0. The molecule has 5 atom stereocenters. The van der Waals surface area contributed by atoms with Gasteiger partial charge in [-0.3, -0.25) is 34.1 Å². The third-order valence-corrected chi connectivity index (χ3v) is 10.1. The molecule has 2 saturated heterocycles. The fraction of sp³-hybridized carbons (Fsp3) is 0.590. The van der Waals surface area contributed by atoms with Crippen LogP contribution in [-0.4, -0.2) is 108 Å². The van der Waals surface area contributed by atoms with Gasteiger partial charge in [-0.2, -0.15) is 0 Å². The summed E-state index contributed by atoms with van der Waals surface area (Å²) in [6.07, 6.45) is 8.27. The molecule has 2 fully saturated rings. The summed E-state index contributed by atoms with van der Waals surface area (Å²) < 4.78 is 5.40. The second-order valence-electron chi connectivity index (χ2n) is 14.7. The molecule has 1 aromatic heterocycles. The van der Waals surface area contributed by atoms with Crippen LogP contribution in [0.5, 0.6) is 0 Å². The van der Waals surface area contributed by atoms with E-state index in [-0.39, 0.29) is 29.7 Å². The minimum Gasteiger partial charge on any atom is -0.394 e. The second kappa shape index (κ2) is 19.1. The summed E-state index contributed by atoms with van der Waals surface area (Å²) in [4.78, 5) is 66.9. The Labute approximate surface area is 312 Å². The number of morpholine rings is 1. The van der Waals surface area contributed by atoms with E-state index in [1.165, 1.54) is 5.01 Å². The van der Waals surface area contributed by atoms with Crippen molar-refractivity contribution in [3.8, 4) is 0 Å². The Morgan fingerprint density at radius 3 is 2.53 bits per heavy atom. The molecule has 5 bridgehead atoms. The van der Waals surface area contributed by atoms with E-state index in [0.717, 1.165) is 60.6 Å². The van der Waals surface area contributed by atoms with Gasteiger partial charge >= 0.3 is 0 Å². The molecule has 5 rings (SSSR count). The van der Waals surface area contributed by atoms with Crippen molar-refractivity contribution in [3.05, 3.63) is 47.8 Å². The monoisotopic (exact) mass is 732 g/mol. The van der Waals surface area contributed by atoms with Crippen LogP contribution in [0.4, 0.5) is 0 Å². The molecule has 3 aliphatic rings. The first kappa shape index (κ1) is 39.8. The van der Waals surface area contributed by atoms with Gasteiger partial charge in [0.15, 0.2) is 0 Å². The van der Waals surface area contributed by atoms with Crippen LogP contribution in [0.15, 0.2) is 41.7 Å². The topological polar surface area (TPSA) is 167 Å². The van der Waals surface area contributed by atoms with Gasteiger partial charge in [0.05, 0.1) is 30.7 Å². The van der Waals surface area contributed by atoms with E-state index in [4.69, 9.17) is 9.57 Å². The van der Waals surface area contributed by atoms with Crippen molar-refractivity contribution in [2.24, 2.45) is 17.0 Å². The number of carbonyl (C=O) groups excluding carboxylic acids is 4. The third-order valence-electron chi connectivity index (χ3n) is 10.1. The van der Waals surface area contributed by atoms with Crippen molar-refractivity contribution in [2.45, 2.75) is 90.9 Å². The second-order valence-corrected chi connectivity index (χ2v) is 14.7. The van der Waals surface area contributed by atoms with E-state index in [2.05, 4.69) is 36.4 Å². The summed E-state index contributed by atoms with van der Waals surface area (Å²) in [6.45, 7) is 14.0. The molecule has 1 unspecified atom stereocenters. The molecule has 14 nitrogen and oxygen atoms in total. The highest BCUT2D eigenvalue weighted by Crippen LogP contribution is 2.23. The standard InChI is InChI=1S/C39H56N8O6/c1-25(2)35-38(50)42-28(5)39(51)47-15-7-10-34(44-47)37(49)41-27(4)30-13-14-31-24-40-33(23-32(31)22-30)9-6-8-29(36(48)43-35)12-11-26(3)45-53-21-18-46-16-19-52-20-17-46/h6,9,13-14,22-25,27-29,34-35,44H,7-8,10-12,15-21H2,1-5H3,(H,41,49)(H,42,50)(H,43,48)/b9-6+,45-26-/t27-,28?,29+,34+,35+/m1/s1. The molecule has 1 aromatic carbocycles. The van der Waals surface area contributed by atoms with Crippen molar-refractivity contribution >= 4 is 46.2 Å². The number of hydrazine groups is 1. The number of allylic oxidation sites excluding steroid dienone is 1. The molecule has 0 spiro atoms. The number of fused-ring (bicyclic) bond motifs is 4. The maximum Gasteiger partial charge on any atom is 0.258 e. The zero-order valence-corrected chi connectivity index (χ0v) is 31.7. The number of rotatable bonds is 8. The third kappa shape index (κ3) is 11.3.